The molecule has 114 valence electrons. The summed E-state index contributed by atoms with van der Waals surface area (Å²) in [6.07, 6.45) is 3.83. The highest BCUT2D eigenvalue weighted by Gasteiger charge is 2.30. The summed E-state index contributed by atoms with van der Waals surface area (Å²) in [7, 11) is 0. The first kappa shape index (κ1) is 16.5. The first-order chi connectivity index (χ1) is 9.32. The van der Waals surface area contributed by atoms with Crippen molar-refractivity contribution in [1.82, 2.24) is 10.6 Å². The highest BCUT2D eigenvalue weighted by molar-refractivity contribution is 5.91. The Labute approximate surface area is 119 Å². The molecule has 0 radical (unpaired) electrons. The van der Waals surface area contributed by atoms with Gasteiger partial charge in [-0.25, -0.2) is 0 Å². The molecular weight excluding hydrogens is 260 g/mol. The second kappa shape index (κ2) is 7.26. The summed E-state index contributed by atoms with van der Waals surface area (Å²) in [5, 5.41) is 14.0. The zero-order chi connectivity index (χ0) is 15.3. The Bertz CT molecular complexity index is 375. The minimum absolute atomic E-state index is 0.0130. The van der Waals surface area contributed by atoms with Crippen molar-refractivity contribution < 1.29 is 19.5 Å². The van der Waals surface area contributed by atoms with Gasteiger partial charge < -0.3 is 15.7 Å². The van der Waals surface area contributed by atoms with Gasteiger partial charge in [-0.15, -0.1) is 0 Å². The lowest BCUT2D eigenvalue weighted by molar-refractivity contribution is -0.142. The monoisotopic (exact) mass is 284 g/mol. The third-order valence-electron chi connectivity index (χ3n) is 3.70. The molecule has 0 aromatic rings. The van der Waals surface area contributed by atoms with E-state index in [4.69, 9.17) is 5.11 Å². The Hall–Kier alpha value is -1.59. The predicted molar refractivity (Wildman–Crippen MR) is 74.0 cm³/mol. The normalized spacial score (nSPS) is 18.6. The van der Waals surface area contributed by atoms with Crippen LogP contribution in [-0.2, 0) is 14.4 Å². The van der Waals surface area contributed by atoms with E-state index in [9.17, 15) is 14.4 Å². The van der Waals surface area contributed by atoms with E-state index in [-0.39, 0.29) is 17.7 Å². The fraction of sp³-hybridized carbons (Fsp3) is 0.786. The van der Waals surface area contributed by atoms with E-state index in [1.54, 1.807) is 0 Å². The van der Waals surface area contributed by atoms with E-state index in [1.165, 1.54) is 6.92 Å². The average Bonchev–Trinajstić information content (AvgIpc) is 2.88. The molecule has 0 aromatic heterocycles. The summed E-state index contributed by atoms with van der Waals surface area (Å²) in [6.45, 7) is 5.05. The smallest absolute Gasteiger partial charge is 0.325 e. The van der Waals surface area contributed by atoms with Crippen LogP contribution in [0.2, 0.25) is 0 Å². The Morgan fingerprint density at radius 2 is 1.60 bits per heavy atom. The lowest BCUT2D eigenvalue weighted by Crippen LogP contribution is -2.53. The Kier molecular flexibility index (Phi) is 5.98. The van der Waals surface area contributed by atoms with Gasteiger partial charge in [0.25, 0.3) is 0 Å². The Balaban J connectivity index is 2.61. The maximum atomic E-state index is 12.1. The van der Waals surface area contributed by atoms with Crippen molar-refractivity contribution in [3.8, 4) is 0 Å². The van der Waals surface area contributed by atoms with Crippen LogP contribution in [0, 0.1) is 11.8 Å². The summed E-state index contributed by atoms with van der Waals surface area (Å²) in [5.41, 5.74) is 0. The van der Waals surface area contributed by atoms with E-state index < -0.39 is 24.0 Å². The van der Waals surface area contributed by atoms with Crippen molar-refractivity contribution in [2.75, 3.05) is 0 Å². The fourth-order valence-electron chi connectivity index (χ4n) is 2.36. The molecule has 1 aliphatic carbocycles. The molecule has 2 amide bonds. The molecule has 0 aliphatic heterocycles. The molecule has 0 aromatic carbocycles. The van der Waals surface area contributed by atoms with Crippen LogP contribution in [0.25, 0.3) is 0 Å². The zero-order valence-corrected chi connectivity index (χ0v) is 12.3. The topological polar surface area (TPSA) is 95.5 Å². The number of carboxylic acid groups (broad SMARTS) is 1. The third-order valence-corrected chi connectivity index (χ3v) is 3.70. The van der Waals surface area contributed by atoms with Gasteiger partial charge in [0.15, 0.2) is 0 Å². The van der Waals surface area contributed by atoms with Crippen LogP contribution in [-0.4, -0.2) is 35.0 Å². The third kappa shape index (κ3) is 4.51. The minimum atomic E-state index is -1.09. The fourth-order valence-corrected chi connectivity index (χ4v) is 2.36. The van der Waals surface area contributed by atoms with Crippen LogP contribution in [0.5, 0.6) is 0 Å². The van der Waals surface area contributed by atoms with Crippen molar-refractivity contribution in [2.24, 2.45) is 11.8 Å². The summed E-state index contributed by atoms with van der Waals surface area (Å²) in [5.74, 6) is -1.74. The molecule has 20 heavy (non-hydrogen) atoms. The average molecular weight is 284 g/mol. The van der Waals surface area contributed by atoms with Crippen molar-refractivity contribution in [2.45, 2.75) is 58.5 Å². The SMILES string of the molecule is CC(C)[C@H](NC(=O)C1CCCC1)C(=O)N[C@@H](C)C(=O)O. The molecule has 6 nitrogen and oxygen atoms in total. The van der Waals surface area contributed by atoms with Crippen LogP contribution < -0.4 is 10.6 Å². The Morgan fingerprint density at radius 1 is 1.05 bits per heavy atom. The van der Waals surface area contributed by atoms with Gasteiger partial charge in [-0.3, -0.25) is 14.4 Å². The predicted octanol–water partition coefficient (Wildman–Crippen LogP) is 0.907. The van der Waals surface area contributed by atoms with Crippen molar-refractivity contribution in [3.05, 3.63) is 0 Å². The minimum Gasteiger partial charge on any atom is -0.480 e. The maximum Gasteiger partial charge on any atom is 0.325 e. The van der Waals surface area contributed by atoms with Gasteiger partial charge in [-0.1, -0.05) is 26.7 Å². The van der Waals surface area contributed by atoms with Gasteiger partial charge in [0, 0.05) is 5.92 Å². The number of hydrogen-bond donors (Lipinski definition) is 3. The van der Waals surface area contributed by atoms with Gasteiger partial charge >= 0.3 is 5.97 Å². The number of carbonyl (C=O) groups excluding carboxylic acids is 2. The van der Waals surface area contributed by atoms with Crippen molar-refractivity contribution in [3.63, 3.8) is 0 Å². The van der Waals surface area contributed by atoms with Gasteiger partial charge in [0.2, 0.25) is 11.8 Å². The molecule has 2 atom stereocenters. The van der Waals surface area contributed by atoms with Gasteiger partial charge in [-0.2, -0.15) is 0 Å². The van der Waals surface area contributed by atoms with Crippen molar-refractivity contribution in [1.29, 1.82) is 0 Å². The molecule has 3 N–H and O–H groups in total. The van der Waals surface area contributed by atoms with E-state index in [0.29, 0.717) is 0 Å². The zero-order valence-electron chi connectivity index (χ0n) is 12.3. The van der Waals surface area contributed by atoms with E-state index in [0.717, 1.165) is 25.7 Å². The molecule has 6 heteroatoms. The lowest BCUT2D eigenvalue weighted by Gasteiger charge is -2.24. The summed E-state index contributed by atoms with van der Waals surface area (Å²) in [6, 6.07) is -1.66. The maximum absolute atomic E-state index is 12.1. The Morgan fingerprint density at radius 3 is 2.05 bits per heavy atom. The van der Waals surface area contributed by atoms with E-state index >= 15 is 0 Å². The lowest BCUT2D eigenvalue weighted by atomic mass is 10.0. The summed E-state index contributed by atoms with van der Waals surface area (Å²) < 4.78 is 0. The first-order valence-corrected chi connectivity index (χ1v) is 7.16. The first-order valence-electron chi connectivity index (χ1n) is 7.16. The molecule has 0 heterocycles. The van der Waals surface area contributed by atoms with Crippen LogP contribution in [0.3, 0.4) is 0 Å². The van der Waals surface area contributed by atoms with E-state index in [1.807, 2.05) is 13.8 Å². The molecule has 1 rings (SSSR count). The van der Waals surface area contributed by atoms with Crippen LogP contribution in [0.4, 0.5) is 0 Å². The highest BCUT2D eigenvalue weighted by Crippen LogP contribution is 2.25. The highest BCUT2D eigenvalue weighted by atomic mass is 16.4. The van der Waals surface area contributed by atoms with Crippen LogP contribution in [0.1, 0.15) is 46.5 Å². The number of nitrogens with one attached hydrogen (secondary N) is 2. The molecule has 0 spiro atoms. The second-order valence-corrected chi connectivity index (χ2v) is 5.78. The van der Waals surface area contributed by atoms with Crippen molar-refractivity contribution >= 4 is 17.8 Å². The number of amides is 2. The van der Waals surface area contributed by atoms with Crippen LogP contribution in [0.15, 0.2) is 0 Å². The largest absolute Gasteiger partial charge is 0.480 e. The number of rotatable bonds is 6. The molecule has 1 saturated carbocycles. The molecule has 0 saturated heterocycles. The number of carbonyl (C=O) groups is 3. The summed E-state index contributed by atoms with van der Waals surface area (Å²) in [4.78, 5) is 34.9. The standard InChI is InChI=1S/C14H24N2O4/c1-8(2)11(13(18)15-9(3)14(19)20)16-12(17)10-6-4-5-7-10/h8-11H,4-7H2,1-3H3,(H,15,18)(H,16,17)(H,19,20)/t9-,11-/m0/s1. The number of carboxylic acids is 1. The second-order valence-electron chi connectivity index (χ2n) is 5.78. The van der Waals surface area contributed by atoms with E-state index in [2.05, 4.69) is 10.6 Å². The molecule has 1 fully saturated rings. The quantitative estimate of drug-likeness (QED) is 0.675. The molecular formula is C14H24N2O4. The molecule has 1 aliphatic rings. The number of hydrogen-bond acceptors (Lipinski definition) is 3. The molecule has 0 bridgehead atoms. The van der Waals surface area contributed by atoms with Gasteiger partial charge in [0.1, 0.15) is 12.1 Å². The summed E-state index contributed by atoms with van der Waals surface area (Å²) >= 11 is 0. The van der Waals surface area contributed by atoms with Gasteiger partial charge in [0.05, 0.1) is 0 Å². The van der Waals surface area contributed by atoms with Crippen LogP contribution >= 0.6 is 0 Å². The van der Waals surface area contributed by atoms with Gasteiger partial charge in [-0.05, 0) is 25.7 Å². The molecule has 0 unspecified atom stereocenters. The number of aliphatic carboxylic acids is 1.